The van der Waals surface area contributed by atoms with E-state index in [9.17, 15) is 14.9 Å². The van der Waals surface area contributed by atoms with Crippen molar-refractivity contribution in [3.05, 3.63) is 69.3 Å². The third-order valence-electron chi connectivity index (χ3n) is 3.49. The van der Waals surface area contributed by atoms with E-state index in [1.807, 2.05) is 6.92 Å². The van der Waals surface area contributed by atoms with Gasteiger partial charge in [0.2, 0.25) is 0 Å². The van der Waals surface area contributed by atoms with Gasteiger partial charge in [-0.3, -0.25) is 14.9 Å². The summed E-state index contributed by atoms with van der Waals surface area (Å²) in [5, 5.41) is 10.8. The van der Waals surface area contributed by atoms with E-state index in [1.54, 1.807) is 24.3 Å². The van der Waals surface area contributed by atoms with Gasteiger partial charge >= 0.3 is 0 Å². The molecule has 2 aromatic rings. The molecule has 0 aliphatic carbocycles. The fraction of sp³-hybridized carbons (Fsp3) is 0.167. The number of nitro groups is 1. The van der Waals surface area contributed by atoms with Crippen LogP contribution in [-0.4, -0.2) is 24.9 Å². The number of methoxy groups -OCH3 is 2. The van der Waals surface area contributed by atoms with E-state index in [0.717, 1.165) is 5.56 Å². The minimum Gasteiger partial charge on any atom is -0.493 e. The van der Waals surface area contributed by atoms with E-state index in [-0.39, 0.29) is 11.5 Å². The van der Waals surface area contributed by atoms with Gasteiger partial charge in [0, 0.05) is 12.1 Å². The Hall–Kier alpha value is -3.15. The van der Waals surface area contributed by atoms with E-state index in [2.05, 4.69) is 0 Å². The summed E-state index contributed by atoms with van der Waals surface area (Å²) in [6.45, 7) is 1.86. The van der Waals surface area contributed by atoms with Crippen LogP contribution < -0.4 is 9.47 Å². The summed E-state index contributed by atoms with van der Waals surface area (Å²) >= 11 is 0. The van der Waals surface area contributed by atoms with Gasteiger partial charge in [-0.05, 0) is 30.2 Å². The number of non-ortho nitro benzene ring substituents is 1. The number of ether oxygens (including phenoxy) is 2. The number of ketones is 1. The summed E-state index contributed by atoms with van der Waals surface area (Å²) in [6.07, 6.45) is 2.88. The predicted molar refractivity (Wildman–Crippen MR) is 90.7 cm³/mol. The molecule has 2 rings (SSSR count). The Kier molecular flexibility index (Phi) is 5.31. The molecule has 0 aromatic heterocycles. The number of aryl methyl sites for hydroxylation is 1. The maximum Gasteiger partial charge on any atom is 0.270 e. The molecule has 0 saturated heterocycles. The molecular formula is C18H17NO5. The predicted octanol–water partition coefficient (Wildman–Crippen LogP) is 3.82. The molecule has 0 aliphatic heterocycles. The quantitative estimate of drug-likeness (QED) is 0.349. The van der Waals surface area contributed by atoms with Crippen molar-refractivity contribution in [2.45, 2.75) is 6.92 Å². The van der Waals surface area contributed by atoms with Gasteiger partial charge in [0.1, 0.15) is 0 Å². The lowest BCUT2D eigenvalue weighted by Crippen LogP contribution is -2.02. The number of carbonyl (C=O) groups excluding carboxylic acids is 1. The Balaban J connectivity index is 2.33. The highest BCUT2D eigenvalue weighted by atomic mass is 16.6. The first-order valence-electron chi connectivity index (χ1n) is 7.16. The largest absolute Gasteiger partial charge is 0.493 e. The lowest BCUT2D eigenvalue weighted by molar-refractivity contribution is -0.384. The normalized spacial score (nSPS) is 10.6. The summed E-state index contributed by atoms with van der Waals surface area (Å²) in [7, 11) is 2.98. The minimum atomic E-state index is -0.479. The number of hydrogen-bond donors (Lipinski definition) is 0. The fourth-order valence-corrected chi connectivity index (χ4v) is 2.32. The summed E-state index contributed by atoms with van der Waals surface area (Å²) in [5.41, 5.74) is 1.75. The molecule has 0 bridgehead atoms. The Bertz CT molecular complexity index is 811. The van der Waals surface area contributed by atoms with Crippen molar-refractivity contribution < 1.29 is 19.2 Å². The third-order valence-corrected chi connectivity index (χ3v) is 3.49. The van der Waals surface area contributed by atoms with Crippen molar-refractivity contribution in [1.29, 1.82) is 0 Å². The van der Waals surface area contributed by atoms with Crippen LogP contribution in [0.15, 0.2) is 42.5 Å². The fourth-order valence-electron chi connectivity index (χ4n) is 2.32. The van der Waals surface area contributed by atoms with Crippen molar-refractivity contribution in [2.24, 2.45) is 0 Å². The Labute approximate surface area is 139 Å². The summed E-state index contributed by atoms with van der Waals surface area (Å²) in [4.78, 5) is 22.7. The second-order valence-corrected chi connectivity index (χ2v) is 5.05. The van der Waals surface area contributed by atoms with Crippen molar-refractivity contribution >= 4 is 17.5 Å². The first-order valence-corrected chi connectivity index (χ1v) is 7.16. The highest BCUT2D eigenvalue weighted by Gasteiger charge is 2.16. The summed E-state index contributed by atoms with van der Waals surface area (Å²) in [6, 6.07) is 9.48. The van der Waals surface area contributed by atoms with E-state index in [0.29, 0.717) is 22.6 Å². The number of allylic oxidation sites excluding steroid dienone is 1. The third kappa shape index (κ3) is 3.60. The van der Waals surface area contributed by atoms with Crippen LogP contribution >= 0.6 is 0 Å². The average molecular weight is 327 g/mol. The highest BCUT2D eigenvalue weighted by molar-refractivity contribution is 6.09. The Morgan fingerprint density at radius 1 is 1.12 bits per heavy atom. The number of carbonyl (C=O) groups is 1. The molecule has 0 unspecified atom stereocenters. The molecule has 0 saturated carbocycles. The molecule has 2 aromatic carbocycles. The van der Waals surface area contributed by atoms with Gasteiger partial charge in [-0.2, -0.15) is 0 Å². The zero-order valence-corrected chi connectivity index (χ0v) is 13.6. The standard InChI is InChI=1S/C18H17NO5/c1-12-7-9-15(18(24-3)17(12)23-2)16(20)10-8-13-5-4-6-14(11-13)19(21)22/h4-11H,1-3H3/b10-8+. The molecule has 6 nitrogen and oxygen atoms in total. The lowest BCUT2D eigenvalue weighted by Gasteiger charge is -2.13. The van der Waals surface area contributed by atoms with Gasteiger partial charge in [0.25, 0.3) is 5.69 Å². The Morgan fingerprint density at radius 3 is 2.46 bits per heavy atom. The Morgan fingerprint density at radius 2 is 1.83 bits per heavy atom. The van der Waals surface area contributed by atoms with Crippen molar-refractivity contribution in [2.75, 3.05) is 14.2 Å². The molecule has 24 heavy (non-hydrogen) atoms. The summed E-state index contributed by atoms with van der Waals surface area (Å²) < 4.78 is 10.6. The lowest BCUT2D eigenvalue weighted by atomic mass is 10.0. The van der Waals surface area contributed by atoms with E-state index < -0.39 is 4.92 Å². The van der Waals surface area contributed by atoms with E-state index in [4.69, 9.17) is 9.47 Å². The topological polar surface area (TPSA) is 78.7 Å². The van der Waals surface area contributed by atoms with Crippen LogP contribution in [-0.2, 0) is 0 Å². The number of rotatable bonds is 6. The van der Waals surface area contributed by atoms with Crippen LogP contribution in [0, 0.1) is 17.0 Å². The summed E-state index contributed by atoms with van der Waals surface area (Å²) in [5.74, 6) is 0.593. The molecule has 0 spiro atoms. The van der Waals surface area contributed by atoms with Crippen molar-refractivity contribution in [3.63, 3.8) is 0 Å². The monoisotopic (exact) mass is 327 g/mol. The van der Waals surface area contributed by atoms with Crippen LogP contribution in [0.4, 0.5) is 5.69 Å². The number of hydrogen-bond acceptors (Lipinski definition) is 5. The molecule has 0 amide bonds. The first-order chi connectivity index (χ1) is 11.5. The van der Waals surface area contributed by atoms with Crippen molar-refractivity contribution in [3.8, 4) is 11.5 Å². The molecule has 0 aliphatic rings. The molecule has 0 radical (unpaired) electrons. The second kappa shape index (κ2) is 7.41. The molecule has 0 fully saturated rings. The number of nitro benzene ring substituents is 1. The van der Waals surface area contributed by atoms with Gasteiger partial charge in [-0.15, -0.1) is 0 Å². The van der Waals surface area contributed by atoms with Crippen molar-refractivity contribution in [1.82, 2.24) is 0 Å². The number of nitrogens with zero attached hydrogens (tertiary/aromatic N) is 1. The maximum atomic E-state index is 12.4. The van der Waals surface area contributed by atoms with Crippen LogP contribution in [0.5, 0.6) is 11.5 Å². The zero-order chi connectivity index (χ0) is 17.7. The van der Waals surface area contributed by atoms with Gasteiger partial charge < -0.3 is 9.47 Å². The number of benzene rings is 2. The average Bonchev–Trinajstić information content (AvgIpc) is 2.59. The van der Waals surface area contributed by atoms with Crippen LogP contribution in [0.1, 0.15) is 21.5 Å². The second-order valence-electron chi connectivity index (χ2n) is 5.05. The molecule has 0 heterocycles. The molecule has 6 heteroatoms. The van der Waals surface area contributed by atoms with Gasteiger partial charge in [0.15, 0.2) is 17.3 Å². The minimum absolute atomic E-state index is 0.0285. The maximum absolute atomic E-state index is 12.4. The van der Waals surface area contributed by atoms with Crippen LogP contribution in [0.25, 0.3) is 6.08 Å². The molecular weight excluding hydrogens is 310 g/mol. The zero-order valence-electron chi connectivity index (χ0n) is 13.6. The molecule has 0 atom stereocenters. The molecule has 124 valence electrons. The van der Waals surface area contributed by atoms with Gasteiger partial charge in [0.05, 0.1) is 24.7 Å². The smallest absolute Gasteiger partial charge is 0.270 e. The van der Waals surface area contributed by atoms with Gasteiger partial charge in [-0.1, -0.05) is 24.3 Å². The van der Waals surface area contributed by atoms with E-state index in [1.165, 1.54) is 38.5 Å². The first kappa shape index (κ1) is 17.2. The van der Waals surface area contributed by atoms with Gasteiger partial charge in [-0.25, -0.2) is 0 Å². The van der Waals surface area contributed by atoms with E-state index >= 15 is 0 Å². The molecule has 0 N–H and O–H groups in total. The highest BCUT2D eigenvalue weighted by Crippen LogP contribution is 2.34. The van der Waals surface area contributed by atoms with Crippen LogP contribution in [0.3, 0.4) is 0 Å². The SMILES string of the molecule is COc1c(C)ccc(C(=O)/C=C/c2cccc([N+](=O)[O-])c2)c1OC. The van der Waals surface area contributed by atoms with Crippen LogP contribution in [0.2, 0.25) is 0 Å².